The molecule has 49 valence electrons. The van der Waals surface area contributed by atoms with Gasteiger partial charge in [0.05, 0.1) is 15.7 Å². The fraction of sp³-hybridized carbons (Fsp3) is 0. The van der Waals surface area contributed by atoms with Crippen molar-refractivity contribution in [2.24, 2.45) is 0 Å². The number of aromatic nitrogens is 1. The third kappa shape index (κ3) is 0.708. The van der Waals surface area contributed by atoms with E-state index in [1.165, 1.54) is 23.5 Å². The fourth-order valence-electron chi connectivity index (χ4n) is 0.788. The first kappa shape index (κ1) is 5.80. The Hall–Kier alpha value is -0.960. The van der Waals surface area contributed by atoms with E-state index in [2.05, 4.69) is 11.1 Å². The van der Waals surface area contributed by atoms with Gasteiger partial charge >= 0.3 is 0 Å². The van der Waals surface area contributed by atoms with Crippen LogP contribution in [0, 0.1) is 11.9 Å². The molecular weight excluding hydrogens is 149 g/mol. The molecule has 0 atom stereocenters. The van der Waals surface area contributed by atoms with E-state index in [4.69, 9.17) is 0 Å². The van der Waals surface area contributed by atoms with Gasteiger partial charge in [0.15, 0.2) is 0 Å². The van der Waals surface area contributed by atoms with E-state index < -0.39 is 0 Å². The number of hydrogen-bond donors (Lipinski definition) is 0. The Kier molecular flexibility index (Phi) is 1.17. The van der Waals surface area contributed by atoms with Crippen molar-refractivity contribution in [2.45, 2.75) is 0 Å². The molecule has 0 bridgehead atoms. The van der Waals surface area contributed by atoms with Gasteiger partial charge < -0.3 is 0 Å². The zero-order valence-electron chi connectivity index (χ0n) is 4.97. The first-order valence-electron chi connectivity index (χ1n) is 2.77. The highest BCUT2D eigenvalue weighted by Gasteiger charge is 2.00. The van der Waals surface area contributed by atoms with Crippen LogP contribution in [0.15, 0.2) is 17.6 Å². The van der Waals surface area contributed by atoms with E-state index in [9.17, 15) is 4.39 Å². The quantitative estimate of drug-likeness (QED) is 0.564. The van der Waals surface area contributed by atoms with Crippen LogP contribution in [-0.2, 0) is 0 Å². The number of rotatable bonds is 0. The highest BCUT2D eigenvalue weighted by Crippen LogP contribution is 2.19. The molecule has 0 aliphatic rings. The zero-order chi connectivity index (χ0) is 6.97. The summed E-state index contributed by atoms with van der Waals surface area (Å²) in [4.78, 5) is 3.90. The van der Waals surface area contributed by atoms with Crippen LogP contribution in [0.4, 0.5) is 4.39 Å². The number of thiazole rings is 1. The Morgan fingerprint density at radius 3 is 3.30 bits per heavy atom. The molecule has 0 unspecified atom stereocenters. The van der Waals surface area contributed by atoms with Crippen molar-refractivity contribution in [3.8, 4) is 0 Å². The van der Waals surface area contributed by atoms with Gasteiger partial charge in [-0.3, -0.25) is 0 Å². The van der Waals surface area contributed by atoms with Crippen molar-refractivity contribution in [3.63, 3.8) is 0 Å². The standard InChI is InChI=1S/C7H3FNS/c8-5-2-1-3-6-7(5)10-4-9-6/h1-2,4H. The second-order valence-electron chi connectivity index (χ2n) is 1.86. The van der Waals surface area contributed by atoms with Crippen LogP contribution in [0.25, 0.3) is 10.2 Å². The number of fused-ring (bicyclic) bond motifs is 1. The minimum absolute atomic E-state index is 0.212. The molecule has 0 spiro atoms. The maximum atomic E-state index is 12.8. The van der Waals surface area contributed by atoms with Gasteiger partial charge in [-0.25, -0.2) is 9.37 Å². The summed E-state index contributed by atoms with van der Waals surface area (Å²) in [5.41, 5.74) is 2.23. The minimum atomic E-state index is -0.212. The average molecular weight is 152 g/mol. The normalized spacial score (nSPS) is 10.5. The molecule has 0 saturated heterocycles. The molecule has 2 rings (SSSR count). The summed E-state index contributed by atoms with van der Waals surface area (Å²) in [5, 5.41) is 0. The van der Waals surface area contributed by atoms with Crippen molar-refractivity contribution in [3.05, 3.63) is 29.5 Å². The van der Waals surface area contributed by atoms with E-state index in [1.54, 1.807) is 5.51 Å². The van der Waals surface area contributed by atoms with Gasteiger partial charge in [0.2, 0.25) is 0 Å². The van der Waals surface area contributed by atoms with Gasteiger partial charge in [0.1, 0.15) is 5.82 Å². The molecule has 1 nitrogen and oxygen atoms in total. The van der Waals surface area contributed by atoms with Gasteiger partial charge in [-0.05, 0) is 12.1 Å². The summed E-state index contributed by atoms with van der Waals surface area (Å²) in [7, 11) is 0. The van der Waals surface area contributed by atoms with Crippen molar-refractivity contribution in [1.29, 1.82) is 0 Å². The van der Waals surface area contributed by atoms with Gasteiger partial charge in [-0.2, -0.15) is 0 Å². The Bertz CT molecular complexity index is 355. The van der Waals surface area contributed by atoms with E-state index >= 15 is 0 Å². The molecule has 2 aromatic rings. The van der Waals surface area contributed by atoms with E-state index in [1.807, 2.05) is 0 Å². The van der Waals surface area contributed by atoms with E-state index in [0.717, 1.165) is 0 Å². The lowest BCUT2D eigenvalue weighted by Crippen LogP contribution is -1.72. The Labute approximate surface area is 61.1 Å². The summed E-state index contributed by atoms with van der Waals surface area (Å²) in [6.07, 6.45) is 0. The maximum Gasteiger partial charge on any atom is 0.142 e. The van der Waals surface area contributed by atoms with Gasteiger partial charge in [-0.1, -0.05) is 0 Å². The summed E-state index contributed by atoms with van der Waals surface area (Å²) < 4.78 is 13.4. The molecule has 0 aliphatic carbocycles. The molecule has 0 fully saturated rings. The summed E-state index contributed by atoms with van der Waals surface area (Å²) in [5.74, 6) is -0.212. The average Bonchev–Trinajstić information content (AvgIpc) is 2.36. The highest BCUT2D eigenvalue weighted by molar-refractivity contribution is 7.16. The highest BCUT2D eigenvalue weighted by atomic mass is 32.1. The third-order valence-corrected chi connectivity index (χ3v) is 2.07. The first-order chi connectivity index (χ1) is 4.88. The van der Waals surface area contributed by atoms with Gasteiger partial charge in [0, 0.05) is 6.07 Å². The zero-order valence-corrected chi connectivity index (χ0v) is 5.78. The fourth-order valence-corrected chi connectivity index (χ4v) is 1.46. The van der Waals surface area contributed by atoms with Crippen LogP contribution in [0.1, 0.15) is 0 Å². The first-order valence-corrected chi connectivity index (χ1v) is 3.65. The monoisotopic (exact) mass is 152 g/mol. The SMILES string of the molecule is Fc1cc[c]c2ncsc12. The second kappa shape index (κ2) is 2.02. The third-order valence-electron chi connectivity index (χ3n) is 1.23. The van der Waals surface area contributed by atoms with Crippen molar-refractivity contribution >= 4 is 21.6 Å². The second-order valence-corrected chi connectivity index (χ2v) is 2.71. The molecule has 0 N–H and O–H groups in total. The molecule has 0 amide bonds. The molecular formula is C7H3FNS. The number of hydrogen-bond acceptors (Lipinski definition) is 2. The number of halogens is 1. The van der Waals surface area contributed by atoms with Crippen molar-refractivity contribution < 1.29 is 4.39 Å². The van der Waals surface area contributed by atoms with Gasteiger partial charge in [-0.15, -0.1) is 11.3 Å². The van der Waals surface area contributed by atoms with Crippen molar-refractivity contribution in [2.75, 3.05) is 0 Å². The minimum Gasteiger partial charge on any atom is -0.244 e. The smallest absolute Gasteiger partial charge is 0.142 e. The molecule has 1 aromatic heterocycles. The topological polar surface area (TPSA) is 12.9 Å². The lowest BCUT2D eigenvalue weighted by Gasteiger charge is -1.85. The van der Waals surface area contributed by atoms with E-state index in [-0.39, 0.29) is 5.82 Å². The largest absolute Gasteiger partial charge is 0.244 e. The summed E-state index contributed by atoms with van der Waals surface area (Å²) >= 11 is 1.30. The molecule has 1 heterocycles. The van der Waals surface area contributed by atoms with Crippen LogP contribution in [0.5, 0.6) is 0 Å². The van der Waals surface area contributed by atoms with Crippen LogP contribution >= 0.6 is 11.3 Å². The summed E-state index contributed by atoms with van der Waals surface area (Å²) in [6.45, 7) is 0. The van der Waals surface area contributed by atoms with Crippen LogP contribution < -0.4 is 0 Å². The lowest BCUT2D eigenvalue weighted by molar-refractivity contribution is 0.641. The molecule has 3 heteroatoms. The Balaban J connectivity index is 2.95. The Morgan fingerprint density at radius 2 is 2.50 bits per heavy atom. The molecule has 1 aromatic carbocycles. The predicted octanol–water partition coefficient (Wildman–Crippen LogP) is 2.24. The predicted molar refractivity (Wildman–Crippen MR) is 38.4 cm³/mol. The van der Waals surface area contributed by atoms with E-state index in [0.29, 0.717) is 10.2 Å². The van der Waals surface area contributed by atoms with Gasteiger partial charge in [0.25, 0.3) is 0 Å². The molecule has 0 aliphatic heterocycles. The van der Waals surface area contributed by atoms with Crippen LogP contribution in [0.3, 0.4) is 0 Å². The van der Waals surface area contributed by atoms with Crippen LogP contribution in [0.2, 0.25) is 0 Å². The molecule has 0 saturated carbocycles. The molecule has 1 radical (unpaired) electrons. The Morgan fingerprint density at radius 1 is 1.60 bits per heavy atom. The summed E-state index contributed by atoms with van der Waals surface area (Å²) in [6, 6.07) is 5.76. The number of nitrogens with zero attached hydrogens (tertiary/aromatic N) is 1. The maximum absolute atomic E-state index is 12.8. The lowest BCUT2D eigenvalue weighted by atomic mass is 10.3. The van der Waals surface area contributed by atoms with Crippen LogP contribution in [-0.4, -0.2) is 4.98 Å². The molecule has 10 heavy (non-hydrogen) atoms. The number of benzene rings is 1. The van der Waals surface area contributed by atoms with Crippen molar-refractivity contribution in [1.82, 2.24) is 4.98 Å².